The molecule has 0 spiro atoms. The maximum absolute atomic E-state index is 13.9. The molecule has 1 aliphatic rings. The van der Waals surface area contributed by atoms with Gasteiger partial charge in [-0.25, -0.2) is 8.78 Å². The average Bonchev–Trinajstić information content (AvgIpc) is 2.99. The van der Waals surface area contributed by atoms with Crippen LogP contribution >= 0.6 is 0 Å². The molecule has 0 aliphatic carbocycles. The first-order chi connectivity index (χ1) is 21.6. The summed E-state index contributed by atoms with van der Waals surface area (Å²) >= 11 is 0. The predicted molar refractivity (Wildman–Crippen MR) is 151 cm³/mol. The third-order valence-corrected chi connectivity index (χ3v) is 5.71. The summed E-state index contributed by atoms with van der Waals surface area (Å²) in [6.07, 6.45) is -3.14. The van der Waals surface area contributed by atoms with Gasteiger partial charge in [-0.1, -0.05) is 12.1 Å². The van der Waals surface area contributed by atoms with E-state index in [2.05, 4.69) is 5.32 Å². The summed E-state index contributed by atoms with van der Waals surface area (Å²) in [7, 11) is 2.37. The van der Waals surface area contributed by atoms with Crippen LogP contribution in [-0.2, 0) is 22.8 Å². The van der Waals surface area contributed by atoms with E-state index in [-0.39, 0.29) is 12.3 Å². The van der Waals surface area contributed by atoms with Gasteiger partial charge in [-0.15, -0.1) is 0 Å². The van der Waals surface area contributed by atoms with Gasteiger partial charge in [0.15, 0.2) is 0 Å². The quantitative estimate of drug-likeness (QED) is 0.280. The van der Waals surface area contributed by atoms with Crippen molar-refractivity contribution in [3.8, 4) is 11.5 Å². The standard InChI is InChI=1S/C14H12F3NO2.C13H14F2N2O3.CHF3.CH4O/c1-9-4-3-5-10(8-9)20-12-11(14(15,16)17)6-7-18(2)13(12)19;14-10-7-9(17-2-5-20-6-3-17)8-11(15)12(10)13(19)16-1-4-18;2-1(3)4;1-2/h3-8H,1-2H3;4,7-8H,1-3,5-6H2,(H,16,19);1H;2H,1H3. The van der Waals surface area contributed by atoms with E-state index in [4.69, 9.17) is 14.6 Å². The Bertz CT molecular complexity index is 1450. The molecule has 2 N–H and O–H groups in total. The number of aldehydes is 1. The number of benzene rings is 2. The van der Waals surface area contributed by atoms with E-state index in [0.29, 0.717) is 38.3 Å². The third-order valence-electron chi connectivity index (χ3n) is 5.71. The van der Waals surface area contributed by atoms with Crippen molar-refractivity contribution < 1.29 is 59.3 Å². The van der Waals surface area contributed by atoms with Crippen molar-refractivity contribution in [3.63, 3.8) is 0 Å². The molecule has 4 rings (SSSR count). The molecule has 0 atom stereocenters. The van der Waals surface area contributed by atoms with Gasteiger partial charge < -0.3 is 34.2 Å². The highest BCUT2D eigenvalue weighted by molar-refractivity contribution is 5.96. The van der Waals surface area contributed by atoms with Crippen LogP contribution in [0.4, 0.5) is 40.8 Å². The molecular weight excluding hydrogens is 638 g/mol. The smallest absolute Gasteiger partial charge is 0.420 e. The normalized spacial score (nSPS) is 12.4. The number of carbonyl (C=O) groups is 2. The van der Waals surface area contributed by atoms with Gasteiger partial charge in [0.25, 0.3) is 11.5 Å². The highest BCUT2D eigenvalue weighted by Crippen LogP contribution is 2.36. The van der Waals surface area contributed by atoms with Crippen molar-refractivity contribution in [2.45, 2.75) is 19.8 Å². The summed E-state index contributed by atoms with van der Waals surface area (Å²) in [5, 5.41) is 9.11. The molecule has 0 radical (unpaired) electrons. The minimum Gasteiger partial charge on any atom is -0.451 e. The predicted octanol–water partition coefficient (Wildman–Crippen LogP) is 5.02. The number of amides is 1. The largest absolute Gasteiger partial charge is 0.451 e. The number of pyridine rings is 1. The van der Waals surface area contributed by atoms with Gasteiger partial charge in [0.2, 0.25) is 5.75 Å². The molecule has 17 heteroatoms. The number of hydrogen-bond acceptors (Lipinski definition) is 7. The fourth-order valence-corrected chi connectivity index (χ4v) is 3.73. The SMILES string of the molecule is CO.Cc1cccc(Oc2c(C(F)(F)F)ccn(C)c2=O)c1.FC(F)F.O=CCNC(=O)c1c(F)cc(N2CCOCC2)cc1F. The number of aliphatic hydroxyl groups is 1. The van der Waals surface area contributed by atoms with Crippen LogP contribution in [0, 0.1) is 18.6 Å². The van der Waals surface area contributed by atoms with Gasteiger partial charge >= 0.3 is 12.9 Å². The molecule has 254 valence electrons. The Balaban J connectivity index is 0.000000393. The molecule has 1 amide bonds. The van der Waals surface area contributed by atoms with E-state index in [1.54, 1.807) is 30.0 Å². The lowest BCUT2D eigenvalue weighted by Crippen LogP contribution is -2.36. The second-order valence-electron chi connectivity index (χ2n) is 8.90. The minimum atomic E-state index is -4.65. The molecule has 0 bridgehead atoms. The van der Waals surface area contributed by atoms with Gasteiger partial charge in [-0.3, -0.25) is 9.59 Å². The molecular formula is C29H31F8N3O6. The first-order valence-corrected chi connectivity index (χ1v) is 13.1. The highest BCUT2D eigenvalue weighted by Gasteiger charge is 2.36. The third kappa shape index (κ3) is 12.5. The summed E-state index contributed by atoms with van der Waals surface area (Å²) in [6.45, 7) is -0.121. The second kappa shape index (κ2) is 19.1. The van der Waals surface area contributed by atoms with Crippen LogP contribution < -0.4 is 20.5 Å². The number of aliphatic hydroxyl groups excluding tert-OH is 1. The molecule has 1 aliphatic heterocycles. The lowest BCUT2D eigenvalue weighted by Gasteiger charge is -2.29. The van der Waals surface area contributed by atoms with Crippen molar-refractivity contribution in [2.24, 2.45) is 7.05 Å². The van der Waals surface area contributed by atoms with Crippen molar-refractivity contribution in [1.82, 2.24) is 9.88 Å². The first-order valence-electron chi connectivity index (χ1n) is 13.1. The summed E-state index contributed by atoms with van der Waals surface area (Å²) < 4.78 is 107. The lowest BCUT2D eigenvalue weighted by molar-refractivity contribution is -0.138. The molecule has 46 heavy (non-hydrogen) atoms. The first kappa shape index (κ1) is 39.5. The molecule has 2 heterocycles. The Morgan fingerprint density at radius 2 is 1.63 bits per heavy atom. The van der Waals surface area contributed by atoms with Crippen LogP contribution in [-0.4, -0.2) is 68.5 Å². The monoisotopic (exact) mass is 669 g/mol. The number of anilines is 1. The number of aryl methyl sites for hydroxylation is 2. The summed E-state index contributed by atoms with van der Waals surface area (Å²) in [6, 6.07) is 9.54. The molecule has 0 saturated carbocycles. The maximum atomic E-state index is 13.9. The number of rotatable bonds is 6. The minimum absolute atomic E-state index is 0.193. The van der Waals surface area contributed by atoms with Crippen molar-refractivity contribution >= 4 is 17.9 Å². The maximum Gasteiger partial charge on any atom is 0.420 e. The molecule has 3 aromatic rings. The number of alkyl halides is 6. The van der Waals surface area contributed by atoms with Crippen LogP contribution in [0.3, 0.4) is 0 Å². The van der Waals surface area contributed by atoms with Gasteiger partial charge in [0.1, 0.15) is 34.8 Å². The molecule has 0 unspecified atom stereocenters. The molecule has 1 fully saturated rings. The summed E-state index contributed by atoms with van der Waals surface area (Å²) in [5.41, 5.74) is -1.40. The zero-order valence-corrected chi connectivity index (χ0v) is 24.7. The van der Waals surface area contributed by atoms with Crippen molar-refractivity contribution in [3.05, 3.63) is 87.3 Å². The summed E-state index contributed by atoms with van der Waals surface area (Å²) in [5.74, 6) is -3.36. The molecule has 2 aromatic carbocycles. The number of morpholine rings is 1. The number of nitrogens with one attached hydrogen (secondary N) is 1. The van der Waals surface area contributed by atoms with Crippen LogP contribution in [0.15, 0.2) is 53.5 Å². The van der Waals surface area contributed by atoms with Crippen LogP contribution in [0.2, 0.25) is 0 Å². The zero-order valence-electron chi connectivity index (χ0n) is 24.7. The topological polar surface area (TPSA) is 110 Å². The lowest BCUT2D eigenvalue weighted by atomic mass is 10.1. The average molecular weight is 670 g/mol. The van der Waals surface area contributed by atoms with E-state index in [0.717, 1.165) is 41.6 Å². The van der Waals surface area contributed by atoms with Gasteiger partial charge in [0, 0.05) is 39.1 Å². The van der Waals surface area contributed by atoms with E-state index in [9.17, 15) is 49.5 Å². The Hall–Kier alpha value is -4.51. The number of carbonyl (C=O) groups excluding carboxylic acids is 2. The second-order valence-corrected chi connectivity index (χ2v) is 8.90. The molecule has 9 nitrogen and oxygen atoms in total. The number of aromatic nitrogens is 1. The number of hydrogen-bond donors (Lipinski definition) is 2. The van der Waals surface area contributed by atoms with Crippen molar-refractivity contribution in [2.75, 3.05) is 44.9 Å². The van der Waals surface area contributed by atoms with E-state index < -0.39 is 52.8 Å². The van der Waals surface area contributed by atoms with Crippen LogP contribution in [0.5, 0.6) is 11.5 Å². The van der Waals surface area contributed by atoms with Gasteiger partial charge in [-0.05, 0) is 42.8 Å². The molecule has 1 saturated heterocycles. The van der Waals surface area contributed by atoms with Crippen molar-refractivity contribution in [1.29, 1.82) is 0 Å². The fraction of sp³-hybridized carbons (Fsp3) is 0.345. The Labute approximate surface area is 258 Å². The van der Waals surface area contributed by atoms with Crippen LogP contribution in [0.1, 0.15) is 21.5 Å². The van der Waals surface area contributed by atoms with E-state index >= 15 is 0 Å². The Morgan fingerprint density at radius 1 is 1.07 bits per heavy atom. The zero-order chi connectivity index (χ0) is 35.0. The highest BCUT2D eigenvalue weighted by atomic mass is 19.4. The number of halogens is 8. The Kier molecular flexibility index (Phi) is 16.4. The van der Waals surface area contributed by atoms with Crippen LogP contribution in [0.25, 0.3) is 0 Å². The Morgan fingerprint density at radius 3 is 2.13 bits per heavy atom. The number of nitrogens with zero attached hydrogens (tertiary/aromatic N) is 2. The number of ether oxygens (including phenoxy) is 2. The fourth-order valence-electron chi connectivity index (χ4n) is 3.73. The summed E-state index contributed by atoms with van der Waals surface area (Å²) in [4.78, 5) is 35.3. The van der Waals surface area contributed by atoms with Gasteiger partial charge in [0.05, 0.1) is 19.8 Å². The van der Waals surface area contributed by atoms with E-state index in [1.165, 1.54) is 13.1 Å². The van der Waals surface area contributed by atoms with E-state index in [1.807, 2.05) is 0 Å². The molecule has 1 aromatic heterocycles. The van der Waals surface area contributed by atoms with Gasteiger partial charge in [-0.2, -0.15) is 26.3 Å².